The minimum Gasteiger partial charge on any atom is -0.486 e. The minimum atomic E-state index is 0.240. The predicted octanol–water partition coefficient (Wildman–Crippen LogP) is 1.57. The van der Waals surface area contributed by atoms with Crippen LogP contribution >= 0.6 is 11.6 Å². The van der Waals surface area contributed by atoms with Gasteiger partial charge in [-0.05, 0) is 30.5 Å². The van der Waals surface area contributed by atoms with Gasteiger partial charge in [0.15, 0.2) is 23.3 Å². The molecule has 1 aromatic carbocycles. The van der Waals surface area contributed by atoms with Crippen molar-refractivity contribution in [3.05, 3.63) is 34.4 Å². The molecule has 2 N–H and O–H groups in total. The summed E-state index contributed by atoms with van der Waals surface area (Å²) in [7, 11) is 3.43. The number of aromatic nitrogens is 3. The van der Waals surface area contributed by atoms with Crippen molar-refractivity contribution in [2.45, 2.75) is 38.5 Å². The van der Waals surface area contributed by atoms with E-state index >= 15 is 0 Å². The van der Waals surface area contributed by atoms with Gasteiger partial charge in [0.25, 0.3) is 0 Å². The normalized spacial score (nSPS) is 18.1. The van der Waals surface area contributed by atoms with Gasteiger partial charge >= 0.3 is 0 Å². The fraction of sp³-hybridized carbons (Fsp3) is 0.550. The van der Waals surface area contributed by atoms with Gasteiger partial charge in [-0.15, -0.1) is 0 Å². The largest absolute Gasteiger partial charge is 0.486 e. The van der Waals surface area contributed by atoms with Crippen molar-refractivity contribution < 1.29 is 14.2 Å². The summed E-state index contributed by atoms with van der Waals surface area (Å²) < 4.78 is 18.3. The third-order valence-electron chi connectivity index (χ3n) is 5.10. The molecular weight excluding hydrogens is 408 g/mol. The molecule has 30 heavy (non-hydrogen) atoms. The van der Waals surface area contributed by atoms with Crippen LogP contribution < -0.4 is 20.1 Å². The number of methoxy groups -OCH3 is 1. The number of nitrogens with zero attached hydrogens (tertiary/aromatic N) is 4. The second kappa shape index (κ2) is 9.53. The molecule has 0 bridgehead atoms. The SMILES string of the molecule is CN=C(NCCc1cc(Cl)c2c(c1)OCCO2)NC1CCc2nc(COC)nn2C1. The lowest BCUT2D eigenvalue weighted by Gasteiger charge is -2.25. The van der Waals surface area contributed by atoms with Crippen LogP contribution in [0.5, 0.6) is 11.5 Å². The summed E-state index contributed by atoms with van der Waals surface area (Å²) >= 11 is 6.32. The summed E-state index contributed by atoms with van der Waals surface area (Å²) in [6.07, 6.45) is 2.64. The highest BCUT2D eigenvalue weighted by molar-refractivity contribution is 6.32. The number of ether oxygens (including phenoxy) is 3. The van der Waals surface area contributed by atoms with Crippen LogP contribution in [0.25, 0.3) is 0 Å². The van der Waals surface area contributed by atoms with E-state index in [-0.39, 0.29) is 6.04 Å². The van der Waals surface area contributed by atoms with Gasteiger partial charge in [0.1, 0.15) is 25.6 Å². The van der Waals surface area contributed by atoms with Gasteiger partial charge in [-0.3, -0.25) is 4.99 Å². The molecule has 2 aliphatic rings. The van der Waals surface area contributed by atoms with E-state index < -0.39 is 0 Å². The van der Waals surface area contributed by atoms with Crippen molar-refractivity contribution in [1.29, 1.82) is 0 Å². The zero-order valence-electron chi connectivity index (χ0n) is 17.3. The third kappa shape index (κ3) is 4.79. The number of nitrogens with one attached hydrogen (secondary N) is 2. The highest BCUT2D eigenvalue weighted by atomic mass is 35.5. The fourth-order valence-electron chi connectivity index (χ4n) is 3.69. The summed E-state index contributed by atoms with van der Waals surface area (Å²) in [6, 6.07) is 4.16. The van der Waals surface area contributed by atoms with Crippen LogP contribution in [0.4, 0.5) is 0 Å². The standard InChI is InChI=1S/C20H27ClN6O3/c1-22-20(24-14-3-4-18-25-17(12-28-2)26-27(18)11-14)23-6-5-13-9-15(21)19-16(10-13)29-7-8-30-19/h9-10,14H,3-8,11-12H2,1-2H3,(H2,22,23,24). The number of rotatable bonds is 6. The Morgan fingerprint density at radius 3 is 3.07 bits per heavy atom. The Balaban J connectivity index is 1.29. The van der Waals surface area contributed by atoms with E-state index in [1.807, 2.05) is 16.8 Å². The van der Waals surface area contributed by atoms with E-state index in [9.17, 15) is 0 Å². The Kier molecular flexibility index (Phi) is 6.59. The van der Waals surface area contributed by atoms with Gasteiger partial charge in [0.05, 0.1) is 11.6 Å². The number of aryl methyl sites for hydroxylation is 1. The Morgan fingerprint density at radius 2 is 2.23 bits per heavy atom. The average molecular weight is 435 g/mol. The maximum atomic E-state index is 6.32. The third-order valence-corrected chi connectivity index (χ3v) is 5.38. The lowest BCUT2D eigenvalue weighted by atomic mass is 10.1. The van der Waals surface area contributed by atoms with Crippen LogP contribution in [0.3, 0.4) is 0 Å². The molecule has 1 atom stereocenters. The molecule has 0 aliphatic carbocycles. The smallest absolute Gasteiger partial charge is 0.191 e. The van der Waals surface area contributed by atoms with Crippen molar-refractivity contribution in [3.8, 4) is 11.5 Å². The van der Waals surface area contributed by atoms with E-state index in [0.717, 1.165) is 55.5 Å². The summed E-state index contributed by atoms with van der Waals surface area (Å²) in [5.41, 5.74) is 1.09. The molecule has 0 radical (unpaired) electrons. The highest BCUT2D eigenvalue weighted by Gasteiger charge is 2.22. The van der Waals surface area contributed by atoms with Crippen LogP contribution in [0.1, 0.15) is 23.6 Å². The van der Waals surface area contributed by atoms with E-state index in [4.69, 9.17) is 25.8 Å². The number of hydrogen-bond acceptors (Lipinski definition) is 6. The Morgan fingerprint density at radius 1 is 1.37 bits per heavy atom. The fourth-order valence-corrected chi connectivity index (χ4v) is 3.98. The quantitative estimate of drug-likeness (QED) is 0.526. The number of hydrogen-bond donors (Lipinski definition) is 2. The summed E-state index contributed by atoms with van der Waals surface area (Å²) in [4.78, 5) is 8.87. The number of guanidine groups is 1. The zero-order valence-corrected chi connectivity index (χ0v) is 18.0. The van der Waals surface area contributed by atoms with Crippen LogP contribution in [0, 0.1) is 0 Å². The molecule has 0 fully saturated rings. The molecule has 4 rings (SSSR count). The second-order valence-corrected chi connectivity index (χ2v) is 7.70. The van der Waals surface area contributed by atoms with E-state index in [0.29, 0.717) is 36.3 Å². The molecule has 0 saturated heterocycles. The maximum absolute atomic E-state index is 6.32. The summed E-state index contributed by atoms with van der Waals surface area (Å²) in [6.45, 7) is 2.98. The molecule has 0 spiro atoms. The summed E-state index contributed by atoms with van der Waals surface area (Å²) in [5, 5.41) is 12.0. The molecule has 1 unspecified atom stereocenters. The highest BCUT2D eigenvalue weighted by Crippen LogP contribution is 2.38. The van der Waals surface area contributed by atoms with Crippen LogP contribution in [-0.2, 0) is 30.7 Å². The Labute approximate surface area is 180 Å². The van der Waals surface area contributed by atoms with Gasteiger partial charge in [0.2, 0.25) is 0 Å². The van der Waals surface area contributed by atoms with E-state index in [1.54, 1.807) is 14.2 Å². The zero-order chi connectivity index (χ0) is 20.9. The van der Waals surface area contributed by atoms with Gasteiger partial charge in [-0.25, -0.2) is 9.67 Å². The number of benzene rings is 1. The number of halogens is 1. The van der Waals surface area contributed by atoms with E-state index in [1.165, 1.54) is 0 Å². The Bertz CT molecular complexity index is 916. The van der Waals surface area contributed by atoms with Crippen LogP contribution in [0.2, 0.25) is 5.02 Å². The molecule has 1 aromatic heterocycles. The van der Waals surface area contributed by atoms with Gasteiger partial charge < -0.3 is 24.8 Å². The monoisotopic (exact) mass is 434 g/mol. The molecular formula is C20H27ClN6O3. The second-order valence-electron chi connectivity index (χ2n) is 7.29. The van der Waals surface area contributed by atoms with Crippen molar-refractivity contribution in [2.75, 3.05) is 33.9 Å². The van der Waals surface area contributed by atoms with Gasteiger partial charge in [-0.2, -0.15) is 5.10 Å². The predicted molar refractivity (Wildman–Crippen MR) is 113 cm³/mol. The van der Waals surface area contributed by atoms with Crippen LogP contribution in [0.15, 0.2) is 17.1 Å². The number of aliphatic imine (C=N–C) groups is 1. The minimum absolute atomic E-state index is 0.240. The topological polar surface area (TPSA) is 94.8 Å². The first-order valence-electron chi connectivity index (χ1n) is 10.1. The van der Waals surface area contributed by atoms with Crippen molar-refractivity contribution >= 4 is 17.6 Å². The molecule has 3 heterocycles. The van der Waals surface area contributed by atoms with Crippen molar-refractivity contribution in [1.82, 2.24) is 25.4 Å². The number of fused-ring (bicyclic) bond motifs is 2. The molecule has 10 heteroatoms. The van der Waals surface area contributed by atoms with Crippen molar-refractivity contribution in [2.24, 2.45) is 4.99 Å². The molecule has 0 saturated carbocycles. The molecule has 2 aromatic rings. The van der Waals surface area contributed by atoms with Crippen molar-refractivity contribution in [3.63, 3.8) is 0 Å². The molecule has 9 nitrogen and oxygen atoms in total. The molecule has 2 aliphatic heterocycles. The van der Waals surface area contributed by atoms with Gasteiger partial charge in [0, 0.05) is 33.2 Å². The lowest BCUT2D eigenvalue weighted by molar-refractivity contribution is 0.171. The summed E-state index contributed by atoms with van der Waals surface area (Å²) in [5.74, 6) is 3.86. The lowest BCUT2D eigenvalue weighted by Crippen LogP contribution is -2.47. The molecule has 0 amide bonds. The molecule has 162 valence electrons. The maximum Gasteiger partial charge on any atom is 0.191 e. The van der Waals surface area contributed by atoms with E-state index in [2.05, 4.69) is 25.7 Å². The first-order chi connectivity index (χ1) is 14.7. The first kappa shape index (κ1) is 20.7. The average Bonchev–Trinajstić information content (AvgIpc) is 3.15. The van der Waals surface area contributed by atoms with Crippen LogP contribution in [-0.4, -0.2) is 60.7 Å². The van der Waals surface area contributed by atoms with Gasteiger partial charge in [-0.1, -0.05) is 11.6 Å². The Hall–Kier alpha value is -2.52. The first-order valence-corrected chi connectivity index (χ1v) is 10.5.